The zero-order valence-corrected chi connectivity index (χ0v) is 27.4. The monoisotopic (exact) mass is 664 g/mol. The number of ether oxygens (including phenoxy) is 1. The summed E-state index contributed by atoms with van der Waals surface area (Å²) in [4.78, 5) is 4.68. The summed E-state index contributed by atoms with van der Waals surface area (Å²) < 4.78 is 88.4. The minimum Gasteiger partial charge on any atom is -0.458 e. The Morgan fingerprint density at radius 2 is 1.41 bits per heavy atom. The number of nitrogens with zero attached hydrogens (tertiary/aromatic N) is 3. The van der Waals surface area contributed by atoms with Crippen molar-refractivity contribution < 1.29 is 21.6 Å². The van der Waals surface area contributed by atoms with Crippen LogP contribution < -0.4 is 9.30 Å². The summed E-state index contributed by atoms with van der Waals surface area (Å²) in [6.07, 6.45) is 5.24. The second-order valence-electron chi connectivity index (χ2n) is 12.0. The van der Waals surface area contributed by atoms with Crippen LogP contribution in [0.15, 0.2) is 182 Å². The van der Waals surface area contributed by atoms with Crippen LogP contribution in [0.4, 0.5) is 0 Å². The van der Waals surface area contributed by atoms with E-state index in [1.54, 1.807) is 35.9 Å². The lowest BCUT2D eigenvalue weighted by Crippen LogP contribution is -2.31. The van der Waals surface area contributed by atoms with Crippen molar-refractivity contribution in [2.24, 2.45) is 0 Å². The lowest BCUT2D eigenvalue weighted by atomic mass is 9.95. The van der Waals surface area contributed by atoms with E-state index in [0.29, 0.717) is 28.2 Å². The number of hydrogen-bond donors (Lipinski definition) is 0. The molecule has 0 N–H and O–H groups in total. The third kappa shape index (κ3) is 5.73. The summed E-state index contributed by atoms with van der Waals surface area (Å²) in [7, 11) is 0. The Balaban J connectivity index is 1.23. The van der Waals surface area contributed by atoms with E-state index in [1.165, 1.54) is 0 Å². The highest BCUT2D eigenvalue weighted by molar-refractivity contribution is 5.94. The summed E-state index contributed by atoms with van der Waals surface area (Å²) in [6.45, 7) is 1.56. The Kier molecular flexibility index (Phi) is 5.58. The van der Waals surface area contributed by atoms with Gasteiger partial charge in [0.2, 0.25) is 0 Å². The highest BCUT2D eigenvalue weighted by Crippen LogP contribution is 2.35. The highest BCUT2D eigenvalue weighted by atomic mass is 16.5. The SMILES string of the molecule is [2H]c1c([2H])c([2H])c(-c2cccc(-c3c([2H])c([2H])c([2H])c(C)c3[2H])c2-[n+]2[c-]n(-c3cccc(Oc4cccc(-c5nccc6ccccc56)c4)c3)c3ccccc32)c([2H])c1[2H]. The number of hydrogen-bond acceptors (Lipinski definition) is 2. The van der Waals surface area contributed by atoms with Gasteiger partial charge in [-0.3, -0.25) is 14.1 Å². The lowest BCUT2D eigenvalue weighted by molar-refractivity contribution is -0.571. The molecule has 9 rings (SSSR count). The number of para-hydroxylation sites is 3. The molecule has 9 aromatic rings. The first-order valence-corrected chi connectivity index (χ1v) is 16.4. The molecule has 0 saturated carbocycles. The van der Waals surface area contributed by atoms with E-state index in [2.05, 4.69) is 17.4 Å². The van der Waals surface area contributed by atoms with Gasteiger partial charge in [0.25, 0.3) is 6.33 Å². The molecule has 0 atom stereocenters. The molecule has 0 amide bonds. The summed E-state index contributed by atoms with van der Waals surface area (Å²) in [5.41, 5.74) is 4.68. The third-order valence-electron chi connectivity index (χ3n) is 8.70. The smallest absolute Gasteiger partial charge is 0.269 e. The van der Waals surface area contributed by atoms with Gasteiger partial charge in [-0.2, -0.15) is 0 Å². The third-order valence-corrected chi connectivity index (χ3v) is 8.70. The zero-order chi connectivity index (χ0) is 42.0. The molecule has 0 spiro atoms. The molecule has 0 fully saturated rings. The summed E-state index contributed by atoms with van der Waals surface area (Å²) in [5.74, 6) is 1.15. The molecule has 4 heteroatoms. The lowest BCUT2D eigenvalue weighted by Gasteiger charge is -2.17. The standard InChI is InChI=1S/C47H33N3O/c1-33-13-9-17-36(29-33)43-24-12-23-42(34-14-3-2-4-15-34)47(43)50-32-49(44-25-7-8-26-45(44)50)38-19-11-21-40(31-38)51-39-20-10-18-37(30-39)46-41-22-6-5-16-35(41)27-28-48-46/h2-31H,1H3/i2D,3D,4D,9D,13D,14D,15D,17D,29D. The molecule has 0 saturated heterocycles. The van der Waals surface area contributed by atoms with Gasteiger partial charge < -0.3 is 4.74 Å². The van der Waals surface area contributed by atoms with E-state index in [0.717, 1.165) is 22.0 Å². The normalized spacial score (nSPS) is 13.7. The van der Waals surface area contributed by atoms with Crippen molar-refractivity contribution in [2.75, 3.05) is 0 Å². The molecule has 0 aliphatic heterocycles. The second kappa shape index (κ2) is 12.9. The van der Waals surface area contributed by atoms with Crippen LogP contribution >= 0.6 is 0 Å². The quantitative estimate of drug-likeness (QED) is 0.125. The van der Waals surface area contributed by atoms with Crippen molar-refractivity contribution in [1.82, 2.24) is 9.55 Å². The maximum absolute atomic E-state index is 9.12. The van der Waals surface area contributed by atoms with Gasteiger partial charge in [-0.05, 0) is 71.0 Å². The molecule has 0 radical (unpaired) electrons. The van der Waals surface area contributed by atoms with Crippen molar-refractivity contribution >= 4 is 21.8 Å². The highest BCUT2D eigenvalue weighted by Gasteiger charge is 2.20. The fourth-order valence-corrected chi connectivity index (χ4v) is 6.44. The van der Waals surface area contributed by atoms with E-state index >= 15 is 0 Å². The maximum atomic E-state index is 9.12. The Bertz CT molecular complexity index is 3070. The van der Waals surface area contributed by atoms with Crippen LogP contribution in [0.1, 0.15) is 17.9 Å². The van der Waals surface area contributed by atoms with Crippen LogP contribution in [-0.4, -0.2) is 9.55 Å². The van der Waals surface area contributed by atoms with Crippen LogP contribution in [0, 0.1) is 13.3 Å². The average molecular weight is 665 g/mol. The van der Waals surface area contributed by atoms with E-state index in [9.17, 15) is 0 Å². The summed E-state index contributed by atoms with van der Waals surface area (Å²) in [6, 6.07) is 34.2. The molecule has 0 aliphatic rings. The van der Waals surface area contributed by atoms with Crippen LogP contribution in [0.2, 0.25) is 0 Å². The van der Waals surface area contributed by atoms with Crippen LogP contribution in [-0.2, 0) is 0 Å². The van der Waals surface area contributed by atoms with Crippen molar-refractivity contribution in [2.45, 2.75) is 6.92 Å². The van der Waals surface area contributed by atoms with Gasteiger partial charge in [0.15, 0.2) is 0 Å². The van der Waals surface area contributed by atoms with Crippen LogP contribution in [0.5, 0.6) is 11.5 Å². The topological polar surface area (TPSA) is 30.9 Å². The van der Waals surface area contributed by atoms with Gasteiger partial charge in [0.05, 0.1) is 40.4 Å². The van der Waals surface area contributed by atoms with Crippen molar-refractivity contribution in [3.8, 4) is 56.4 Å². The first kappa shape index (κ1) is 22.0. The summed E-state index contributed by atoms with van der Waals surface area (Å²) >= 11 is 0. The predicted octanol–water partition coefficient (Wildman–Crippen LogP) is 11.4. The molecule has 4 nitrogen and oxygen atoms in total. The second-order valence-corrected chi connectivity index (χ2v) is 12.0. The van der Waals surface area contributed by atoms with E-state index in [4.69, 9.17) is 17.1 Å². The van der Waals surface area contributed by atoms with Gasteiger partial charge in [-0.25, -0.2) is 0 Å². The number of rotatable bonds is 7. The van der Waals surface area contributed by atoms with Crippen LogP contribution in [0.3, 0.4) is 0 Å². The van der Waals surface area contributed by atoms with Gasteiger partial charge in [0.1, 0.15) is 11.5 Å². The number of aromatic nitrogens is 3. The Hall–Kier alpha value is -6.78. The molecule has 0 unspecified atom stereocenters. The van der Waals surface area contributed by atoms with Crippen molar-refractivity contribution in [1.29, 1.82) is 0 Å². The molecular weight excluding hydrogens is 623 g/mol. The predicted molar refractivity (Wildman–Crippen MR) is 207 cm³/mol. The Labute approximate surface area is 309 Å². The largest absolute Gasteiger partial charge is 0.458 e. The molecular formula is C47H33N3O. The molecule has 0 bridgehead atoms. The Morgan fingerprint density at radius 3 is 2.31 bits per heavy atom. The van der Waals surface area contributed by atoms with E-state index in [-0.39, 0.29) is 57.7 Å². The van der Waals surface area contributed by atoms with E-state index in [1.807, 2.05) is 102 Å². The van der Waals surface area contributed by atoms with Crippen LogP contribution in [0.25, 0.3) is 66.7 Å². The zero-order valence-electron chi connectivity index (χ0n) is 36.4. The minimum atomic E-state index is -0.538. The molecule has 2 heterocycles. The van der Waals surface area contributed by atoms with Crippen molar-refractivity contribution in [3.63, 3.8) is 0 Å². The summed E-state index contributed by atoms with van der Waals surface area (Å²) in [5, 5.41) is 2.11. The first-order chi connectivity index (χ1) is 28.9. The number of imidazole rings is 1. The maximum Gasteiger partial charge on any atom is 0.269 e. The Morgan fingerprint density at radius 1 is 0.667 bits per heavy atom. The first-order valence-electron chi connectivity index (χ1n) is 20.9. The average Bonchev–Trinajstić information content (AvgIpc) is 3.66. The fourth-order valence-electron chi connectivity index (χ4n) is 6.44. The number of fused-ring (bicyclic) bond motifs is 2. The molecule has 7 aromatic carbocycles. The number of pyridine rings is 1. The van der Waals surface area contributed by atoms with E-state index < -0.39 is 30.2 Å². The molecule has 51 heavy (non-hydrogen) atoms. The minimum absolute atomic E-state index is 0.0618. The molecule has 0 aliphatic carbocycles. The fraction of sp³-hybridized carbons (Fsp3) is 0.0213. The number of benzene rings is 7. The molecule has 2 aromatic heterocycles. The van der Waals surface area contributed by atoms with Crippen molar-refractivity contribution in [3.05, 3.63) is 194 Å². The van der Waals surface area contributed by atoms with Gasteiger partial charge in [-0.1, -0.05) is 145 Å². The van der Waals surface area contributed by atoms with Gasteiger partial charge in [-0.15, -0.1) is 0 Å². The van der Waals surface area contributed by atoms with Gasteiger partial charge >= 0.3 is 0 Å². The molecule has 242 valence electrons. The van der Waals surface area contributed by atoms with Gasteiger partial charge in [0, 0.05) is 17.1 Å².